The molecule has 0 amide bonds. The highest BCUT2D eigenvalue weighted by Gasteiger charge is 1.96. The second kappa shape index (κ2) is 11.0. The van der Waals surface area contributed by atoms with Crippen molar-refractivity contribution < 1.29 is 4.74 Å². The third kappa shape index (κ3) is 8.02. The summed E-state index contributed by atoms with van der Waals surface area (Å²) in [6.45, 7) is 8.11. The average Bonchev–Trinajstić information content (AvgIpc) is 2.44. The topological polar surface area (TPSA) is 21.3 Å². The van der Waals surface area contributed by atoms with Crippen LogP contribution in [0.15, 0.2) is 24.3 Å². The lowest BCUT2D eigenvalue weighted by Gasteiger charge is -2.06. The van der Waals surface area contributed by atoms with Gasteiger partial charge in [-0.15, -0.1) is 0 Å². The van der Waals surface area contributed by atoms with Gasteiger partial charge in [0.2, 0.25) is 0 Å². The molecule has 0 aliphatic carbocycles. The molecular weight excluding hydrogens is 234 g/mol. The van der Waals surface area contributed by atoms with Crippen LogP contribution in [-0.2, 0) is 17.9 Å². The molecule has 1 N–H and O–H groups in total. The quantitative estimate of drug-likeness (QED) is 0.602. The van der Waals surface area contributed by atoms with Crippen LogP contribution in [0.2, 0.25) is 0 Å². The van der Waals surface area contributed by atoms with E-state index in [2.05, 4.69) is 43.4 Å². The van der Waals surface area contributed by atoms with Gasteiger partial charge in [0.1, 0.15) is 0 Å². The number of hydrogen-bond donors (Lipinski definition) is 1. The van der Waals surface area contributed by atoms with Crippen LogP contribution in [0.5, 0.6) is 0 Å². The fraction of sp³-hybridized carbons (Fsp3) is 0.647. The highest BCUT2D eigenvalue weighted by Crippen LogP contribution is 2.07. The van der Waals surface area contributed by atoms with Crippen molar-refractivity contribution in [3.05, 3.63) is 35.4 Å². The van der Waals surface area contributed by atoms with Crippen LogP contribution in [0, 0.1) is 0 Å². The smallest absolute Gasteiger partial charge is 0.0716 e. The van der Waals surface area contributed by atoms with E-state index in [1.54, 1.807) is 0 Å². The third-order valence-electron chi connectivity index (χ3n) is 3.19. The van der Waals surface area contributed by atoms with Gasteiger partial charge >= 0.3 is 0 Å². The normalized spacial score (nSPS) is 10.8. The summed E-state index contributed by atoms with van der Waals surface area (Å²) in [7, 11) is 0. The van der Waals surface area contributed by atoms with Crippen molar-refractivity contribution in [3.8, 4) is 0 Å². The monoisotopic (exact) mass is 263 g/mol. The molecule has 0 fully saturated rings. The first-order valence-electron chi connectivity index (χ1n) is 7.73. The Morgan fingerprint density at radius 1 is 0.895 bits per heavy atom. The van der Waals surface area contributed by atoms with E-state index >= 15 is 0 Å². The first-order valence-corrected chi connectivity index (χ1v) is 7.73. The van der Waals surface area contributed by atoms with Gasteiger partial charge in [-0.05, 0) is 30.5 Å². The lowest BCUT2D eigenvalue weighted by atomic mass is 10.1. The maximum Gasteiger partial charge on any atom is 0.0716 e. The molecule has 0 aromatic heterocycles. The summed E-state index contributed by atoms with van der Waals surface area (Å²) in [6.07, 6.45) is 6.27. The fourth-order valence-electron chi connectivity index (χ4n) is 1.98. The molecule has 0 saturated carbocycles. The summed E-state index contributed by atoms with van der Waals surface area (Å²) < 4.78 is 5.69. The molecule has 19 heavy (non-hydrogen) atoms. The zero-order chi connectivity index (χ0) is 13.8. The van der Waals surface area contributed by atoms with Gasteiger partial charge in [0.05, 0.1) is 6.61 Å². The molecule has 2 heteroatoms. The first kappa shape index (κ1) is 16.2. The average molecular weight is 263 g/mol. The molecule has 0 saturated heterocycles. The Labute approximate surface area is 118 Å². The number of hydrogen-bond acceptors (Lipinski definition) is 2. The zero-order valence-electron chi connectivity index (χ0n) is 12.6. The number of unbranched alkanes of at least 4 members (excludes halogenated alkanes) is 3. The maximum absolute atomic E-state index is 5.69. The summed E-state index contributed by atoms with van der Waals surface area (Å²) in [6, 6.07) is 8.74. The van der Waals surface area contributed by atoms with Crippen molar-refractivity contribution in [3.63, 3.8) is 0 Å². The van der Waals surface area contributed by atoms with E-state index in [4.69, 9.17) is 4.74 Å². The minimum atomic E-state index is 0.745. The van der Waals surface area contributed by atoms with Gasteiger partial charge in [0, 0.05) is 13.2 Å². The van der Waals surface area contributed by atoms with Crippen molar-refractivity contribution >= 4 is 0 Å². The molecule has 0 spiro atoms. The van der Waals surface area contributed by atoms with Crippen molar-refractivity contribution in [2.75, 3.05) is 13.2 Å². The summed E-state index contributed by atoms with van der Waals surface area (Å²) >= 11 is 0. The minimum absolute atomic E-state index is 0.745. The standard InChI is InChI=1S/C17H29NO/c1-3-5-6-7-13-19-15-17-10-8-16(9-11-17)14-18-12-4-2/h8-11,18H,3-7,12-15H2,1-2H3. The van der Waals surface area contributed by atoms with Crippen molar-refractivity contribution in [2.45, 2.75) is 59.1 Å². The molecule has 1 aromatic carbocycles. The van der Waals surface area contributed by atoms with Crippen LogP contribution in [0.1, 0.15) is 57.1 Å². The van der Waals surface area contributed by atoms with E-state index in [-0.39, 0.29) is 0 Å². The molecule has 0 heterocycles. The highest BCUT2D eigenvalue weighted by molar-refractivity contribution is 5.21. The zero-order valence-corrected chi connectivity index (χ0v) is 12.6. The third-order valence-corrected chi connectivity index (χ3v) is 3.19. The molecule has 2 nitrogen and oxygen atoms in total. The van der Waals surface area contributed by atoms with Crippen molar-refractivity contribution in [1.82, 2.24) is 5.32 Å². The van der Waals surface area contributed by atoms with Gasteiger partial charge < -0.3 is 10.1 Å². The van der Waals surface area contributed by atoms with Gasteiger partial charge in [-0.3, -0.25) is 0 Å². The van der Waals surface area contributed by atoms with E-state index in [1.807, 2.05) is 0 Å². The van der Waals surface area contributed by atoms with Crippen LogP contribution in [0.3, 0.4) is 0 Å². The Morgan fingerprint density at radius 2 is 1.63 bits per heavy atom. The van der Waals surface area contributed by atoms with Gasteiger partial charge in [0.25, 0.3) is 0 Å². The van der Waals surface area contributed by atoms with Gasteiger partial charge in [0.15, 0.2) is 0 Å². The number of benzene rings is 1. The van der Waals surface area contributed by atoms with Crippen molar-refractivity contribution in [2.24, 2.45) is 0 Å². The lowest BCUT2D eigenvalue weighted by Crippen LogP contribution is -2.13. The summed E-state index contributed by atoms with van der Waals surface area (Å²) in [4.78, 5) is 0. The largest absolute Gasteiger partial charge is 0.377 e. The SMILES string of the molecule is CCCCCCOCc1ccc(CNCCC)cc1. The number of nitrogens with one attached hydrogen (secondary N) is 1. The molecule has 0 atom stereocenters. The van der Waals surface area contributed by atoms with E-state index in [0.29, 0.717) is 0 Å². The molecule has 0 radical (unpaired) electrons. The molecule has 0 bridgehead atoms. The van der Waals surface area contributed by atoms with Crippen LogP contribution >= 0.6 is 0 Å². The Bertz CT molecular complexity index is 308. The Kier molecular flexibility index (Phi) is 9.38. The van der Waals surface area contributed by atoms with Gasteiger partial charge in [-0.1, -0.05) is 57.4 Å². The second-order valence-electron chi connectivity index (χ2n) is 5.11. The summed E-state index contributed by atoms with van der Waals surface area (Å²) in [5, 5.41) is 3.41. The second-order valence-corrected chi connectivity index (χ2v) is 5.11. The Hall–Kier alpha value is -0.860. The van der Waals surface area contributed by atoms with Gasteiger partial charge in [-0.25, -0.2) is 0 Å². The molecule has 108 valence electrons. The van der Waals surface area contributed by atoms with E-state index in [9.17, 15) is 0 Å². The lowest BCUT2D eigenvalue weighted by molar-refractivity contribution is 0.117. The molecule has 0 aliphatic rings. The van der Waals surface area contributed by atoms with Crippen LogP contribution in [-0.4, -0.2) is 13.2 Å². The van der Waals surface area contributed by atoms with Crippen molar-refractivity contribution in [1.29, 1.82) is 0 Å². The predicted molar refractivity (Wildman–Crippen MR) is 82.2 cm³/mol. The fourth-order valence-corrected chi connectivity index (χ4v) is 1.98. The van der Waals surface area contributed by atoms with Crippen LogP contribution in [0.4, 0.5) is 0 Å². The summed E-state index contributed by atoms with van der Waals surface area (Å²) in [5.41, 5.74) is 2.62. The Balaban J connectivity index is 2.13. The van der Waals surface area contributed by atoms with Crippen LogP contribution in [0.25, 0.3) is 0 Å². The first-order chi connectivity index (χ1) is 9.36. The van der Waals surface area contributed by atoms with Gasteiger partial charge in [-0.2, -0.15) is 0 Å². The van der Waals surface area contributed by atoms with E-state index < -0.39 is 0 Å². The van der Waals surface area contributed by atoms with E-state index in [0.717, 1.165) is 26.3 Å². The highest BCUT2D eigenvalue weighted by atomic mass is 16.5. The number of ether oxygens (including phenoxy) is 1. The molecule has 1 aromatic rings. The number of rotatable bonds is 11. The minimum Gasteiger partial charge on any atom is -0.377 e. The molecule has 0 aliphatic heterocycles. The predicted octanol–water partition coefficient (Wildman–Crippen LogP) is 4.28. The van der Waals surface area contributed by atoms with Crippen LogP contribution < -0.4 is 5.32 Å². The maximum atomic E-state index is 5.69. The Morgan fingerprint density at radius 3 is 2.32 bits per heavy atom. The molecular formula is C17H29NO. The van der Waals surface area contributed by atoms with E-state index in [1.165, 1.54) is 43.2 Å². The molecule has 0 unspecified atom stereocenters. The summed E-state index contributed by atoms with van der Waals surface area (Å²) in [5.74, 6) is 0. The molecule has 1 rings (SSSR count).